The van der Waals surface area contributed by atoms with Crippen molar-refractivity contribution < 1.29 is 19.5 Å². The summed E-state index contributed by atoms with van der Waals surface area (Å²) in [7, 11) is 1.79. The normalized spacial score (nSPS) is 33.3. The van der Waals surface area contributed by atoms with Crippen LogP contribution in [0.1, 0.15) is 45.4 Å². The number of carbonyl (C=O) groups is 3. The number of likely N-dealkylation sites (tertiary alicyclic amines) is 1. The number of aliphatic hydroxyl groups excluding tert-OH is 1. The van der Waals surface area contributed by atoms with Crippen molar-refractivity contribution in [3.8, 4) is 0 Å². The molecule has 0 radical (unpaired) electrons. The molecule has 4 rings (SSSR count). The summed E-state index contributed by atoms with van der Waals surface area (Å²) in [5.41, 5.74) is 0. The SMILES string of the molecule is CCCCCN1CC=C[C@]23S[C@H]4C=CCN(C)C(=O)[C@H]4[C@H]2C(=O)N(CCCCCO)C3C1=O. The molecular weight excluding hydrogens is 438 g/mol. The maximum atomic E-state index is 13.9. The van der Waals surface area contributed by atoms with Gasteiger partial charge in [0, 0.05) is 45.1 Å². The van der Waals surface area contributed by atoms with E-state index in [4.69, 9.17) is 5.11 Å². The van der Waals surface area contributed by atoms with Crippen LogP contribution >= 0.6 is 11.8 Å². The third-order valence-corrected chi connectivity index (χ3v) is 9.28. The Hall–Kier alpha value is -1.80. The molecule has 2 fully saturated rings. The maximum absolute atomic E-state index is 13.9. The van der Waals surface area contributed by atoms with Crippen LogP contribution in [0.15, 0.2) is 24.3 Å². The number of nitrogens with zero attached hydrogens (tertiary/aromatic N) is 3. The van der Waals surface area contributed by atoms with E-state index in [9.17, 15) is 14.4 Å². The summed E-state index contributed by atoms with van der Waals surface area (Å²) in [6, 6.07) is -0.576. The molecule has 1 spiro atoms. The minimum atomic E-state index is -0.710. The average Bonchev–Trinajstić information content (AvgIpc) is 3.12. The second-order valence-corrected chi connectivity index (χ2v) is 11.2. The number of unbranched alkanes of at least 4 members (excludes halogenated alkanes) is 4. The van der Waals surface area contributed by atoms with Crippen molar-refractivity contribution in [2.75, 3.05) is 39.8 Å². The number of likely N-dealkylation sites (N-methyl/N-ethyl adjacent to an activating group) is 1. The van der Waals surface area contributed by atoms with Gasteiger partial charge in [-0.2, -0.15) is 0 Å². The zero-order valence-corrected chi connectivity index (χ0v) is 20.6. The Bertz CT molecular complexity index is 830. The van der Waals surface area contributed by atoms with E-state index in [0.29, 0.717) is 32.6 Å². The number of carbonyl (C=O) groups excluding carboxylic acids is 3. The average molecular weight is 476 g/mol. The van der Waals surface area contributed by atoms with Crippen molar-refractivity contribution in [1.29, 1.82) is 0 Å². The minimum Gasteiger partial charge on any atom is -0.396 e. The van der Waals surface area contributed by atoms with Crippen LogP contribution in [-0.2, 0) is 14.4 Å². The van der Waals surface area contributed by atoms with E-state index < -0.39 is 22.6 Å². The van der Waals surface area contributed by atoms with E-state index in [2.05, 4.69) is 25.2 Å². The predicted octanol–water partition coefficient (Wildman–Crippen LogP) is 2.06. The van der Waals surface area contributed by atoms with E-state index in [1.54, 1.807) is 28.6 Å². The van der Waals surface area contributed by atoms with Crippen molar-refractivity contribution >= 4 is 29.5 Å². The van der Waals surface area contributed by atoms with Crippen molar-refractivity contribution in [2.45, 2.75) is 61.5 Å². The zero-order chi connectivity index (χ0) is 23.6. The van der Waals surface area contributed by atoms with Gasteiger partial charge in [-0.05, 0) is 25.7 Å². The Labute approximate surface area is 201 Å². The van der Waals surface area contributed by atoms with Crippen LogP contribution < -0.4 is 0 Å². The molecule has 7 nitrogen and oxygen atoms in total. The van der Waals surface area contributed by atoms with Gasteiger partial charge in [0.05, 0.1) is 16.6 Å². The molecule has 5 atom stereocenters. The third kappa shape index (κ3) is 4.25. The Morgan fingerprint density at radius 1 is 1.00 bits per heavy atom. The van der Waals surface area contributed by atoms with E-state index in [1.165, 1.54) is 0 Å². The predicted molar refractivity (Wildman–Crippen MR) is 130 cm³/mol. The summed E-state index contributed by atoms with van der Waals surface area (Å²) in [5.74, 6) is -1.01. The number of fused-ring (bicyclic) bond motifs is 2. The topological polar surface area (TPSA) is 81.2 Å². The number of hydrogen-bond donors (Lipinski definition) is 1. The zero-order valence-electron chi connectivity index (χ0n) is 19.8. The Balaban J connectivity index is 1.70. The first-order chi connectivity index (χ1) is 16.0. The molecule has 0 saturated carbocycles. The highest BCUT2D eigenvalue weighted by Gasteiger charge is 2.70. The van der Waals surface area contributed by atoms with Gasteiger partial charge in [0.15, 0.2) is 0 Å². The lowest BCUT2D eigenvalue weighted by atomic mass is 9.78. The van der Waals surface area contributed by atoms with Gasteiger partial charge < -0.3 is 19.8 Å². The van der Waals surface area contributed by atoms with Crippen LogP contribution in [0.25, 0.3) is 0 Å². The number of rotatable bonds is 9. The summed E-state index contributed by atoms with van der Waals surface area (Å²) in [6.45, 7) is 4.56. The second-order valence-electron chi connectivity index (χ2n) is 9.70. The fraction of sp³-hybridized carbons (Fsp3) is 0.720. The second kappa shape index (κ2) is 10.2. The van der Waals surface area contributed by atoms with E-state index in [1.807, 2.05) is 11.0 Å². The van der Waals surface area contributed by atoms with Gasteiger partial charge in [-0.15, -0.1) is 11.8 Å². The molecule has 33 heavy (non-hydrogen) atoms. The summed E-state index contributed by atoms with van der Waals surface area (Å²) in [4.78, 5) is 46.6. The van der Waals surface area contributed by atoms with E-state index in [0.717, 1.165) is 32.1 Å². The molecule has 4 aliphatic heterocycles. The molecule has 0 aliphatic carbocycles. The molecule has 182 valence electrons. The Morgan fingerprint density at radius 3 is 2.55 bits per heavy atom. The molecule has 2 saturated heterocycles. The first-order valence-electron chi connectivity index (χ1n) is 12.4. The van der Waals surface area contributed by atoms with Crippen molar-refractivity contribution in [2.24, 2.45) is 11.8 Å². The monoisotopic (exact) mass is 475 g/mol. The smallest absolute Gasteiger partial charge is 0.247 e. The van der Waals surface area contributed by atoms with Crippen LogP contribution in [0.2, 0.25) is 0 Å². The number of thioether (sulfide) groups is 1. The van der Waals surface area contributed by atoms with Crippen LogP contribution in [0.4, 0.5) is 0 Å². The molecule has 0 aromatic carbocycles. The van der Waals surface area contributed by atoms with Gasteiger partial charge in [-0.1, -0.05) is 44.1 Å². The quantitative estimate of drug-likeness (QED) is 0.408. The molecule has 0 bridgehead atoms. The summed E-state index contributed by atoms with van der Waals surface area (Å²) < 4.78 is -0.710. The highest BCUT2D eigenvalue weighted by atomic mass is 32.2. The fourth-order valence-corrected chi connectivity index (χ4v) is 7.88. The van der Waals surface area contributed by atoms with Crippen LogP contribution in [0.5, 0.6) is 0 Å². The molecule has 0 aromatic heterocycles. The summed E-state index contributed by atoms with van der Waals surface area (Å²) in [6.07, 6.45) is 13.6. The largest absolute Gasteiger partial charge is 0.396 e. The molecule has 1 unspecified atom stereocenters. The molecule has 4 heterocycles. The van der Waals surface area contributed by atoms with Gasteiger partial charge in [-0.3, -0.25) is 14.4 Å². The fourth-order valence-electron chi connectivity index (χ4n) is 5.87. The Kier molecular flexibility index (Phi) is 7.53. The molecule has 4 aliphatic rings. The van der Waals surface area contributed by atoms with E-state index >= 15 is 0 Å². The lowest BCUT2D eigenvalue weighted by molar-refractivity contribution is -0.144. The first kappa shape index (κ1) is 24.3. The highest BCUT2D eigenvalue weighted by molar-refractivity contribution is 8.02. The summed E-state index contributed by atoms with van der Waals surface area (Å²) >= 11 is 1.64. The Morgan fingerprint density at radius 2 is 1.79 bits per heavy atom. The summed E-state index contributed by atoms with van der Waals surface area (Å²) in [5, 5.41) is 9.05. The highest BCUT2D eigenvalue weighted by Crippen LogP contribution is 2.60. The molecular formula is C25H37N3O4S. The maximum Gasteiger partial charge on any atom is 0.247 e. The van der Waals surface area contributed by atoms with Gasteiger partial charge >= 0.3 is 0 Å². The number of aliphatic hydroxyl groups is 1. The van der Waals surface area contributed by atoms with Crippen LogP contribution in [0, 0.1) is 11.8 Å². The third-order valence-electron chi connectivity index (χ3n) is 7.53. The number of amides is 3. The first-order valence-corrected chi connectivity index (χ1v) is 13.3. The molecule has 8 heteroatoms. The lowest BCUT2D eigenvalue weighted by Crippen LogP contribution is -2.53. The van der Waals surface area contributed by atoms with Gasteiger partial charge in [0.2, 0.25) is 17.7 Å². The van der Waals surface area contributed by atoms with Crippen molar-refractivity contribution in [3.05, 3.63) is 24.3 Å². The van der Waals surface area contributed by atoms with Crippen molar-refractivity contribution in [1.82, 2.24) is 14.7 Å². The lowest BCUT2D eigenvalue weighted by Gasteiger charge is -2.35. The van der Waals surface area contributed by atoms with Gasteiger partial charge in [-0.25, -0.2) is 0 Å². The molecule has 1 N–H and O–H groups in total. The van der Waals surface area contributed by atoms with Gasteiger partial charge in [0.25, 0.3) is 0 Å². The standard InChI is InChI=1S/C25H37N3O4S/c1-3-4-6-14-27-15-10-12-25-20(19-18(33-25)11-9-13-26(2)22(19)30)23(31)28(21(25)24(27)32)16-7-5-8-17-29/h9-12,18-21,29H,3-8,13-17H2,1-2H3/t18-,19+,20-,21?,25-/m0/s1. The number of hydrogen-bond acceptors (Lipinski definition) is 5. The van der Waals surface area contributed by atoms with Crippen LogP contribution in [0.3, 0.4) is 0 Å². The van der Waals surface area contributed by atoms with Crippen LogP contribution in [-0.4, -0.2) is 93.4 Å². The van der Waals surface area contributed by atoms with Gasteiger partial charge in [0.1, 0.15) is 6.04 Å². The minimum absolute atomic E-state index is 0.00139. The van der Waals surface area contributed by atoms with Crippen molar-refractivity contribution in [3.63, 3.8) is 0 Å². The molecule has 0 aromatic rings. The van der Waals surface area contributed by atoms with E-state index in [-0.39, 0.29) is 29.6 Å². The molecule has 3 amide bonds.